The highest BCUT2D eigenvalue weighted by molar-refractivity contribution is 6.33. The first-order valence-corrected chi connectivity index (χ1v) is 8.51. The van der Waals surface area contributed by atoms with Crippen molar-refractivity contribution < 1.29 is 9.72 Å². The fraction of sp³-hybridized carbons (Fsp3) is 0.312. The molecule has 1 aromatic carbocycles. The molecule has 10 heteroatoms. The standard InChI is InChI=1S/C16H17ClN6O3/c17-12-8-4-3-7-11(12)16(24)22-21-15-13(23(25)26)14(18-9-19-15)20-10-5-1-2-6-10/h3-4,7-10H,1-2,5-6H2,(H,22,24)(H2,18,19,20,21). The summed E-state index contributed by atoms with van der Waals surface area (Å²) < 4.78 is 0. The van der Waals surface area contributed by atoms with Crippen molar-refractivity contribution in [3.05, 3.63) is 51.3 Å². The molecule has 136 valence electrons. The molecule has 0 atom stereocenters. The Kier molecular flexibility index (Phi) is 5.47. The van der Waals surface area contributed by atoms with E-state index >= 15 is 0 Å². The Morgan fingerprint density at radius 3 is 2.58 bits per heavy atom. The van der Waals surface area contributed by atoms with Gasteiger partial charge in [-0.2, -0.15) is 0 Å². The zero-order chi connectivity index (χ0) is 18.5. The third-order valence-electron chi connectivity index (χ3n) is 4.11. The van der Waals surface area contributed by atoms with Gasteiger partial charge in [0, 0.05) is 6.04 Å². The van der Waals surface area contributed by atoms with Gasteiger partial charge in [-0.1, -0.05) is 36.6 Å². The summed E-state index contributed by atoms with van der Waals surface area (Å²) in [7, 11) is 0. The number of rotatable bonds is 6. The first-order valence-electron chi connectivity index (χ1n) is 8.13. The molecular formula is C16H17ClN6O3. The largest absolute Gasteiger partial charge is 0.361 e. The second-order valence-corrected chi connectivity index (χ2v) is 6.27. The molecule has 1 aliphatic carbocycles. The molecule has 0 unspecified atom stereocenters. The Bertz CT molecular complexity index is 825. The van der Waals surface area contributed by atoms with Crippen LogP contribution < -0.4 is 16.2 Å². The van der Waals surface area contributed by atoms with Crippen LogP contribution in [0.2, 0.25) is 5.02 Å². The molecule has 1 aromatic heterocycles. The van der Waals surface area contributed by atoms with Gasteiger partial charge in [-0.15, -0.1) is 0 Å². The second-order valence-electron chi connectivity index (χ2n) is 5.86. The topological polar surface area (TPSA) is 122 Å². The van der Waals surface area contributed by atoms with Crippen molar-refractivity contribution in [3.63, 3.8) is 0 Å². The minimum absolute atomic E-state index is 0.106. The van der Waals surface area contributed by atoms with Crippen molar-refractivity contribution in [2.24, 2.45) is 0 Å². The molecule has 26 heavy (non-hydrogen) atoms. The van der Waals surface area contributed by atoms with E-state index in [-0.39, 0.29) is 34.0 Å². The smallest absolute Gasteiger partial charge is 0.354 e. The van der Waals surface area contributed by atoms with Gasteiger partial charge < -0.3 is 5.32 Å². The van der Waals surface area contributed by atoms with E-state index in [1.165, 1.54) is 6.33 Å². The average molecular weight is 377 g/mol. The van der Waals surface area contributed by atoms with Gasteiger partial charge >= 0.3 is 5.69 Å². The highest BCUT2D eigenvalue weighted by atomic mass is 35.5. The van der Waals surface area contributed by atoms with Crippen LogP contribution in [0, 0.1) is 10.1 Å². The summed E-state index contributed by atoms with van der Waals surface area (Å²) >= 11 is 5.97. The van der Waals surface area contributed by atoms with Crippen LogP contribution in [0.1, 0.15) is 36.0 Å². The molecule has 1 aliphatic rings. The van der Waals surface area contributed by atoms with Crippen LogP contribution in [0.3, 0.4) is 0 Å². The number of benzene rings is 1. The quantitative estimate of drug-likeness (QED) is 0.522. The minimum atomic E-state index is -0.582. The molecule has 3 rings (SSSR count). The lowest BCUT2D eigenvalue weighted by molar-refractivity contribution is -0.383. The molecule has 9 nitrogen and oxygen atoms in total. The Morgan fingerprint density at radius 2 is 1.88 bits per heavy atom. The van der Waals surface area contributed by atoms with Gasteiger partial charge in [0.2, 0.25) is 11.6 Å². The molecule has 0 bridgehead atoms. The van der Waals surface area contributed by atoms with E-state index < -0.39 is 10.8 Å². The Balaban J connectivity index is 1.77. The maximum absolute atomic E-state index is 12.2. The molecule has 1 fully saturated rings. The number of nitrogens with zero attached hydrogens (tertiary/aromatic N) is 3. The summed E-state index contributed by atoms with van der Waals surface area (Å²) in [6.07, 6.45) is 5.24. The number of hydrogen-bond donors (Lipinski definition) is 3. The van der Waals surface area contributed by atoms with Crippen LogP contribution in [0.15, 0.2) is 30.6 Å². The van der Waals surface area contributed by atoms with Gasteiger partial charge in [-0.05, 0) is 25.0 Å². The van der Waals surface area contributed by atoms with Crippen molar-refractivity contribution in [3.8, 4) is 0 Å². The predicted octanol–water partition coefficient (Wildman–Crippen LogP) is 3.15. The van der Waals surface area contributed by atoms with Crippen molar-refractivity contribution in [1.82, 2.24) is 15.4 Å². The van der Waals surface area contributed by atoms with Crippen LogP contribution in [-0.2, 0) is 0 Å². The SMILES string of the molecule is O=C(NNc1ncnc(NC2CCCC2)c1[N+](=O)[O-])c1ccccc1Cl. The molecule has 0 saturated heterocycles. The summed E-state index contributed by atoms with van der Waals surface area (Å²) in [6.45, 7) is 0. The lowest BCUT2D eigenvalue weighted by Crippen LogP contribution is -2.30. The number of carbonyl (C=O) groups is 1. The van der Waals surface area contributed by atoms with Gasteiger partial charge in [0.25, 0.3) is 5.91 Å². The van der Waals surface area contributed by atoms with E-state index in [1.54, 1.807) is 24.3 Å². The highest BCUT2D eigenvalue weighted by Gasteiger charge is 2.26. The monoisotopic (exact) mass is 376 g/mol. The maximum Gasteiger partial charge on any atom is 0.354 e. The first kappa shape index (κ1) is 17.9. The fourth-order valence-corrected chi connectivity index (χ4v) is 3.06. The van der Waals surface area contributed by atoms with Gasteiger partial charge in [-0.3, -0.25) is 25.8 Å². The van der Waals surface area contributed by atoms with Crippen LogP contribution in [0.4, 0.5) is 17.3 Å². The number of anilines is 2. The van der Waals surface area contributed by atoms with Crippen molar-refractivity contribution in [1.29, 1.82) is 0 Å². The van der Waals surface area contributed by atoms with E-state index in [4.69, 9.17) is 11.6 Å². The lowest BCUT2D eigenvalue weighted by Gasteiger charge is -2.14. The Morgan fingerprint density at radius 1 is 1.19 bits per heavy atom. The fourth-order valence-electron chi connectivity index (χ4n) is 2.84. The third kappa shape index (κ3) is 3.99. The minimum Gasteiger partial charge on any atom is -0.361 e. The second kappa shape index (κ2) is 7.96. The molecule has 0 aliphatic heterocycles. The molecule has 1 heterocycles. The van der Waals surface area contributed by atoms with Crippen molar-refractivity contribution in [2.45, 2.75) is 31.7 Å². The van der Waals surface area contributed by atoms with E-state index in [0.717, 1.165) is 25.7 Å². The lowest BCUT2D eigenvalue weighted by atomic mass is 10.2. The normalized spacial score (nSPS) is 14.0. The number of nitrogens with one attached hydrogen (secondary N) is 3. The van der Waals surface area contributed by atoms with E-state index in [2.05, 4.69) is 26.1 Å². The van der Waals surface area contributed by atoms with Gasteiger partial charge in [0.05, 0.1) is 15.5 Å². The summed E-state index contributed by atoms with van der Waals surface area (Å²) in [5.74, 6) is -0.508. The van der Waals surface area contributed by atoms with Crippen molar-refractivity contribution in [2.75, 3.05) is 10.7 Å². The molecule has 2 aromatic rings. The Labute approximate surface area is 154 Å². The summed E-state index contributed by atoms with van der Waals surface area (Å²) in [6, 6.07) is 6.63. The molecular weight excluding hydrogens is 360 g/mol. The first-order chi connectivity index (χ1) is 12.6. The number of aromatic nitrogens is 2. The molecule has 1 amide bonds. The molecule has 1 saturated carbocycles. The maximum atomic E-state index is 12.2. The predicted molar refractivity (Wildman–Crippen MR) is 97.1 cm³/mol. The summed E-state index contributed by atoms with van der Waals surface area (Å²) in [4.78, 5) is 31.0. The van der Waals surface area contributed by atoms with E-state index in [9.17, 15) is 14.9 Å². The van der Waals surface area contributed by atoms with E-state index in [0.29, 0.717) is 0 Å². The number of halogens is 1. The van der Waals surface area contributed by atoms with Crippen molar-refractivity contribution >= 4 is 34.8 Å². The number of hydrogen-bond acceptors (Lipinski definition) is 7. The molecule has 0 spiro atoms. The Hall–Kier alpha value is -2.94. The van der Waals surface area contributed by atoms with Gasteiger partial charge in [0.1, 0.15) is 6.33 Å². The molecule has 3 N–H and O–H groups in total. The zero-order valence-electron chi connectivity index (χ0n) is 13.7. The number of hydrazine groups is 1. The van der Waals surface area contributed by atoms with Crippen LogP contribution in [0.25, 0.3) is 0 Å². The summed E-state index contributed by atoms with van der Waals surface area (Å²) in [5.41, 5.74) is 4.79. The number of nitro groups is 1. The average Bonchev–Trinajstić information content (AvgIpc) is 3.13. The third-order valence-corrected chi connectivity index (χ3v) is 4.44. The zero-order valence-corrected chi connectivity index (χ0v) is 14.5. The van der Waals surface area contributed by atoms with Crippen LogP contribution in [-0.4, -0.2) is 26.8 Å². The van der Waals surface area contributed by atoms with Crippen LogP contribution >= 0.6 is 11.6 Å². The molecule has 0 radical (unpaired) electrons. The highest BCUT2D eigenvalue weighted by Crippen LogP contribution is 2.31. The van der Waals surface area contributed by atoms with Crippen LogP contribution in [0.5, 0.6) is 0 Å². The van der Waals surface area contributed by atoms with Gasteiger partial charge in [0.15, 0.2) is 0 Å². The summed E-state index contributed by atoms with van der Waals surface area (Å²) in [5, 5.41) is 14.9. The number of carbonyl (C=O) groups excluding carboxylic acids is 1. The number of amides is 1. The van der Waals surface area contributed by atoms with E-state index in [1.807, 2.05) is 0 Å². The van der Waals surface area contributed by atoms with Gasteiger partial charge in [-0.25, -0.2) is 9.97 Å².